The number of hydrogen-bond donors (Lipinski definition) is 1. The van der Waals surface area contributed by atoms with E-state index in [1.165, 1.54) is 6.92 Å². The topological polar surface area (TPSA) is 57.6 Å². The van der Waals surface area contributed by atoms with Gasteiger partial charge in [0.1, 0.15) is 0 Å². The van der Waals surface area contributed by atoms with Crippen LogP contribution < -0.4 is 4.90 Å². The first-order chi connectivity index (χ1) is 13.0. The van der Waals surface area contributed by atoms with Crippen LogP contribution in [0.25, 0.3) is 0 Å². The number of anilines is 1. The van der Waals surface area contributed by atoms with Gasteiger partial charge in [-0.25, -0.2) is 0 Å². The van der Waals surface area contributed by atoms with Crippen molar-refractivity contribution in [2.24, 2.45) is 5.92 Å². The van der Waals surface area contributed by atoms with Crippen molar-refractivity contribution in [3.05, 3.63) is 65.7 Å². The number of rotatable bonds is 9. The van der Waals surface area contributed by atoms with Crippen LogP contribution in [0, 0.1) is 5.92 Å². The molecule has 0 aliphatic heterocycles. The van der Waals surface area contributed by atoms with Crippen LogP contribution in [0.3, 0.4) is 0 Å². The average molecular weight is 367 g/mol. The van der Waals surface area contributed by atoms with Crippen molar-refractivity contribution in [2.45, 2.75) is 46.1 Å². The first-order valence-electron chi connectivity index (χ1n) is 9.65. The number of unbranched alkanes of at least 4 members (excludes halogenated alkanes) is 1. The summed E-state index contributed by atoms with van der Waals surface area (Å²) in [7, 11) is 0. The lowest BCUT2D eigenvalue weighted by Gasteiger charge is -2.29. The summed E-state index contributed by atoms with van der Waals surface area (Å²) in [5.41, 5.74) is 2.10. The van der Waals surface area contributed by atoms with Crippen LogP contribution in [0.15, 0.2) is 54.6 Å². The van der Waals surface area contributed by atoms with Gasteiger partial charge in [-0.2, -0.15) is 0 Å². The largest absolute Gasteiger partial charge is 0.388 e. The maximum atomic E-state index is 13.3. The van der Waals surface area contributed by atoms with E-state index in [-0.39, 0.29) is 11.7 Å². The fourth-order valence-electron chi connectivity index (χ4n) is 3.26. The predicted molar refractivity (Wildman–Crippen MR) is 109 cm³/mol. The standard InChI is InChI=1S/C23H29NO3/c1-4-6-12-21(22(26)19-15-13-18(14-16-19)17(3)25)23(27)24(5-2)20-10-8-7-9-11-20/h7-11,13-16,21-22,26H,4-6,12H2,1-3H3/t21-,22-/m0/s1. The molecule has 2 aromatic rings. The van der Waals surface area contributed by atoms with Gasteiger partial charge >= 0.3 is 0 Å². The zero-order chi connectivity index (χ0) is 19.8. The van der Waals surface area contributed by atoms with E-state index < -0.39 is 12.0 Å². The number of hydrogen-bond acceptors (Lipinski definition) is 3. The van der Waals surface area contributed by atoms with Gasteiger partial charge in [0.05, 0.1) is 12.0 Å². The Labute approximate surface area is 161 Å². The van der Waals surface area contributed by atoms with Crippen molar-refractivity contribution in [3.63, 3.8) is 0 Å². The van der Waals surface area contributed by atoms with Crippen molar-refractivity contribution in [1.82, 2.24) is 0 Å². The van der Waals surface area contributed by atoms with E-state index in [9.17, 15) is 14.7 Å². The Morgan fingerprint density at radius 3 is 2.15 bits per heavy atom. The predicted octanol–water partition coefficient (Wildman–Crippen LogP) is 4.78. The number of benzene rings is 2. The molecule has 2 aromatic carbocycles. The number of carbonyl (C=O) groups excluding carboxylic acids is 2. The number of aliphatic hydroxyl groups excluding tert-OH is 1. The van der Waals surface area contributed by atoms with Crippen molar-refractivity contribution in [3.8, 4) is 0 Å². The maximum absolute atomic E-state index is 13.3. The molecule has 0 saturated carbocycles. The van der Waals surface area contributed by atoms with Gasteiger partial charge in [-0.1, -0.05) is 62.2 Å². The molecule has 2 atom stereocenters. The van der Waals surface area contributed by atoms with Crippen molar-refractivity contribution in [2.75, 3.05) is 11.4 Å². The Morgan fingerprint density at radius 1 is 1.00 bits per heavy atom. The van der Waals surface area contributed by atoms with E-state index >= 15 is 0 Å². The second-order valence-electron chi connectivity index (χ2n) is 6.79. The molecule has 2 rings (SSSR count). The monoisotopic (exact) mass is 367 g/mol. The minimum Gasteiger partial charge on any atom is -0.388 e. The van der Waals surface area contributed by atoms with Gasteiger partial charge < -0.3 is 10.0 Å². The van der Waals surface area contributed by atoms with Crippen molar-refractivity contribution < 1.29 is 14.7 Å². The van der Waals surface area contributed by atoms with Crippen LogP contribution in [0.5, 0.6) is 0 Å². The van der Waals surface area contributed by atoms with Gasteiger partial charge in [0.15, 0.2) is 5.78 Å². The maximum Gasteiger partial charge on any atom is 0.233 e. The third-order valence-electron chi connectivity index (χ3n) is 4.88. The first-order valence-corrected chi connectivity index (χ1v) is 9.65. The number of amides is 1. The lowest BCUT2D eigenvalue weighted by atomic mass is 9.89. The third kappa shape index (κ3) is 5.27. The Bertz CT molecular complexity index is 740. The summed E-state index contributed by atoms with van der Waals surface area (Å²) in [6.07, 6.45) is 1.54. The average Bonchev–Trinajstić information content (AvgIpc) is 2.69. The Hall–Kier alpha value is -2.46. The molecule has 0 aliphatic rings. The summed E-state index contributed by atoms with van der Waals surface area (Å²) in [5, 5.41) is 11.0. The molecule has 0 saturated heterocycles. The van der Waals surface area contributed by atoms with E-state index in [0.29, 0.717) is 24.1 Å². The number of aliphatic hydroxyl groups is 1. The second-order valence-corrected chi connectivity index (χ2v) is 6.79. The summed E-state index contributed by atoms with van der Waals surface area (Å²) < 4.78 is 0. The van der Waals surface area contributed by atoms with Crippen LogP contribution in [0.4, 0.5) is 5.69 Å². The summed E-state index contributed by atoms with van der Waals surface area (Å²) in [5.74, 6) is -0.607. The van der Waals surface area contributed by atoms with Crippen LogP contribution >= 0.6 is 0 Å². The molecule has 0 heterocycles. The number of para-hydroxylation sites is 1. The SMILES string of the molecule is CCCC[C@H](C(=O)N(CC)c1ccccc1)[C@@H](O)c1ccc(C(C)=O)cc1. The van der Waals surface area contributed by atoms with Gasteiger partial charge in [-0.05, 0) is 38.0 Å². The lowest BCUT2D eigenvalue weighted by Crippen LogP contribution is -2.38. The van der Waals surface area contributed by atoms with E-state index in [4.69, 9.17) is 0 Å². The minimum atomic E-state index is -0.900. The molecule has 0 radical (unpaired) electrons. The molecule has 0 bridgehead atoms. The van der Waals surface area contributed by atoms with Crippen LogP contribution in [-0.2, 0) is 4.79 Å². The van der Waals surface area contributed by atoms with Gasteiger partial charge in [-0.15, -0.1) is 0 Å². The Kier molecular flexibility index (Phi) is 7.74. The number of Topliss-reactive ketones (excluding diaryl/α,β-unsaturated/α-hetero) is 1. The van der Waals surface area contributed by atoms with Crippen LogP contribution in [0.1, 0.15) is 62.1 Å². The van der Waals surface area contributed by atoms with E-state index in [1.54, 1.807) is 29.2 Å². The normalized spacial score (nSPS) is 13.0. The molecule has 0 spiro atoms. The van der Waals surface area contributed by atoms with Gasteiger partial charge in [0.25, 0.3) is 0 Å². The Morgan fingerprint density at radius 2 is 1.63 bits per heavy atom. The molecule has 4 heteroatoms. The van der Waals surface area contributed by atoms with Gasteiger partial charge in [0, 0.05) is 17.8 Å². The molecule has 27 heavy (non-hydrogen) atoms. The lowest BCUT2D eigenvalue weighted by molar-refractivity contribution is -0.126. The van der Waals surface area contributed by atoms with E-state index in [1.807, 2.05) is 37.3 Å². The number of nitrogens with zero attached hydrogens (tertiary/aromatic N) is 1. The molecule has 1 N–H and O–H groups in total. The molecule has 4 nitrogen and oxygen atoms in total. The molecule has 144 valence electrons. The summed E-state index contributed by atoms with van der Waals surface area (Å²) in [6.45, 7) is 6.07. The number of ketones is 1. The highest BCUT2D eigenvalue weighted by Crippen LogP contribution is 2.30. The minimum absolute atomic E-state index is 0.0177. The second kappa shape index (κ2) is 10.0. The molecular weight excluding hydrogens is 338 g/mol. The first kappa shape index (κ1) is 20.8. The smallest absolute Gasteiger partial charge is 0.233 e. The van der Waals surface area contributed by atoms with Crippen LogP contribution in [-0.4, -0.2) is 23.3 Å². The van der Waals surface area contributed by atoms with Gasteiger partial charge in [-0.3, -0.25) is 9.59 Å². The van der Waals surface area contributed by atoms with Crippen molar-refractivity contribution in [1.29, 1.82) is 0 Å². The third-order valence-corrected chi connectivity index (χ3v) is 4.88. The quantitative estimate of drug-likeness (QED) is 0.649. The molecule has 1 amide bonds. The van der Waals surface area contributed by atoms with Crippen molar-refractivity contribution >= 4 is 17.4 Å². The number of carbonyl (C=O) groups is 2. The van der Waals surface area contributed by atoms with E-state index in [0.717, 1.165) is 18.5 Å². The molecular formula is C23H29NO3. The molecule has 0 fully saturated rings. The Balaban J connectivity index is 2.29. The molecule has 0 unspecified atom stereocenters. The summed E-state index contributed by atoms with van der Waals surface area (Å²) in [6, 6.07) is 16.4. The molecule has 0 aliphatic carbocycles. The zero-order valence-electron chi connectivity index (χ0n) is 16.4. The van der Waals surface area contributed by atoms with Gasteiger partial charge in [0.2, 0.25) is 5.91 Å². The fourth-order valence-corrected chi connectivity index (χ4v) is 3.26. The highest BCUT2D eigenvalue weighted by atomic mass is 16.3. The summed E-state index contributed by atoms with van der Waals surface area (Å²) in [4.78, 5) is 26.5. The zero-order valence-corrected chi connectivity index (χ0v) is 16.4. The highest BCUT2D eigenvalue weighted by molar-refractivity contribution is 5.95. The van der Waals surface area contributed by atoms with E-state index in [2.05, 4.69) is 6.92 Å². The summed E-state index contributed by atoms with van der Waals surface area (Å²) >= 11 is 0. The van der Waals surface area contributed by atoms with Crippen LogP contribution in [0.2, 0.25) is 0 Å². The molecule has 0 aromatic heterocycles. The fraction of sp³-hybridized carbons (Fsp3) is 0.391. The highest BCUT2D eigenvalue weighted by Gasteiger charge is 2.31.